The fraction of sp³-hybridized carbons (Fsp3) is 0.688. The Morgan fingerprint density at radius 3 is 2.96 bits per heavy atom. The number of carbonyl (C=O) groups excluding carboxylic acids is 1. The Balaban J connectivity index is 1.66. The molecule has 2 atom stereocenters. The van der Waals surface area contributed by atoms with Crippen molar-refractivity contribution in [1.82, 2.24) is 15.1 Å². The average Bonchev–Trinajstić information content (AvgIpc) is 3.14. The molecule has 0 spiro atoms. The normalized spacial score (nSPS) is 24.3. The quantitative estimate of drug-likeness (QED) is 0.850. The highest BCUT2D eigenvalue weighted by atomic mass is 32.1. The van der Waals surface area contributed by atoms with Crippen molar-refractivity contribution in [1.29, 1.82) is 0 Å². The standard InChI is InChI=1S/C16H25N3O3S/c1-18(16(20)14-11-17-4-7-22-14)12-13(15-3-2-10-23-15)19-5-8-21-9-6-19/h2-3,10,13-14,17H,4-9,11-12H2,1H3. The van der Waals surface area contributed by atoms with Crippen molar-refractivity contribution in [2.24, 2.45) is 0 Å². The second-order valence-electron chi connectivity index (χ2n) is 5.96. The van der Waals surface area contributed by atoms with E-state index in [2.05, 4.69) is 27.7 Å². The fourth-order valence-corrected chi connectivity index (χ4v) is 3.93. The van der Waals surface area contributed by atoms with Crippen molar-refractivity contribution in [3.63, 3.8) is 0 Å². The summed E-state index contributed by atoms with van der Waals surface area (Å²) in [7, 11) is 1.88. The Hall–Kier alpha value is -0.990. The predicted octanol–water partition coefficient (Wildman–Crippen LogP) is 0.568. The van der Waals surface area contributed by atoms with Crippen LogP contribution in [-0.2, 0) is 14.3 Å². The van der Waals surface area contributed by atoms with Crippen LogP contribution in [0.2, 0.25) is 0 Å². The van der Waals surface area contributed by atoms with Crippen molar-refractivity contribution >= 4 is 17.2 Å². The first-order valence-corrected chi connectivity index (χ1v) is 9.06. The number of rotatable bonds is 5. The minimum Gasteiger partial charge on any atom is -0.379 e. The second kappa shape index (κ2) is 8.21. The highest BCUT2D eigenvalue weighted by Gasteiger charge is 2.30. The number of thiophene rings is 1. The number of hydrogen-bond donors (Lipinski definition) is 1. The molecule has 1 amide bonds. The van der Waals surface area contributed by atoms with Gasteiger partial charge in [-0.15, -0.1) is 11.3 Å². The molecule has 23 heavy (non-hydrogen) atoms. The van der Waals surface area contributed by atoms with Crippen LogP contribution in [0.1, 0.15) is 10.9 Å². The molecule has 2 fully saturated rings. The van der Waals surface area contributed by atoms with Crippen LogP contribution in [0.3, 0.4) is 0 Å². The number of nitrogens with one attached hydrogen (secondary N) is 1. The minimum absolute atomic E-state index is 0.0621. The first-order valence-electron chi connectivity index (χ1n) is 8.18. The highest BCUT2D eigenvalue weighted by molar-refractivity contribution is 7.10. The number of nitrogens with zero attached hydrogens (tertiary/aromatic N) is 2. The summed E-state index contributed by atoms with van der Waals surface area (Å²) in [5.41, 5.74) is 0. The number of amides is 1. The summed E-state index contributed by atoms with van der Waals surface area (Å²) in [6.07, 6.45) is -0.359. The lowest BCUT2D eigenvalue weighted by Gasteiger charge is -2.37. The topological polar surface area (TPSA) is 54.0 Å². The van der Waals surface area contributed by atoms with Crippen LogP contribution in [-0.4, -0.2) is 81.4 Å². The zero-order chi connectivity index (χ0) is 16.1. The lowest BCUT2D eigenvalue weighted by Crippen LogP contribution is -2.50. The number of likely N-dealkylation sites (N-methyl/N-ethyl adjacent to an activating group) is 1. The third-order valence-electron chi connectivity index (χ3n) is 4.38. The zero-order valence-electron chi connectivity index (χ0n) is 13.6. The van der Waals surface area contributed by atoms with Crippen LogP contribution >= 0.6 is 11.3 Å². The van der Waals surface area contributed by atoms with Crippen molar-refractivity contribution in [3.05, 3.63) is 22.4 Å². The van der Waals surface area contributed by atoms with E-state index in [-0.39, 0.29) is 18.1 Å². The van der Waals surface area contributed by atoms with Gasteiger partial charge >= 0.3 is 0 Å². The van der Waals surface area contributed by atoms with Gasteiger partial charge in [-0.1, -0.05) is 6.07 Å². The van der Waals surface area contributed by atoms with Crippen LogP contribution in [0, 0.1) is 0 Å². The second-order valence-corrected chi connectivity index (χ2v) is 6.94. The molecule has 0 saturated carbocycles. The van der Waals surface area contributed by atoms with E-state index in [0.29, 0.717) is 19.7 Å². The molecular formula is C16H25N3O3S. The van der Waals surface area contributed by atoms with Gasteiger partial charge in [-0.25, -0.2) is 0 Å². The van der Waals surface area contributed by atoms with E-state index in [0.717, 1.165) is 32.8 Å². The smallest absolute Gasteiger partial charge is 0.252 e. The summed E-state index contributed by atoms with van der Waals surface area (Å²) in [5.74, 6) is 0.0621. The van der Waals surface area contributed by atoms with E-state index < -0.39 is 0 Å². The molecule has 128 valence electrons. The van der Waals surface area contributed by atoms with Crippen molar-refractivity contribution in [2.75, 3.05) is 59.6 Å². The van der Waals surface area contributed by atoms with Gasteiger partial charge in [0, 0.05) is 44.6 Å². The van der Waals surface area contributed by atoms with E-state index in [1.165, 1.54) is 4.88 Å². The molecule has 2 saturated heterocycles. The summed E-state index contributed by atoms with van der Waals surface area (Å²) >= 11 is 1.75. The van der Waals surface area contributed by atoms with E-state index in [4.69, 9.17) is 9.47 Å². The molecule has 0 radical (unpaired) electrons. The van der Waals surface area contributed by atoms with Gasteiger partial charge in [-0.05, 0) is 11.4 Å². The van der Waals surface area contributed by atoms with Gasteiger partial charge in [0.05, 0.1) is 25.9 Å². The molecule has 0 aliphatic carbocycles. The predicted molar refractivity (Wildman–Crippen MR) is 89.7 cm³/mol. The molecular weight excluding hydrogens is 314 g/mol. The Morgan fingerprint density at radius 2 is 2.30 bits per heavy atom. The van der Waals surface area contributed by atoms with Crippen LogP contribution < -0.4 is 5.32 Å². The first-order chi connectivity index (χ1) is 11.3. The van der Waals surface area contributed by atoms with Crippen molar-refractivity contribution in [3.8, 4) is 0 Å². The molecule has 7 heteroatoms. The maximum atomic E-state index is 12.6. The highest BCUT2D eigenvalue weighted by Crippen LogP contribution is 2.27. The average molecular weight is 339 g/mol. The molecule has 2 unspecified atom stereocenters. The summed E-state index contributed by atoms with van der Waals surface area (Å²) < 4.78 is 11.1. The van der Waals surface area contributed by atoms with Gasteiger partial charge < -0.3 is 19.7 Å². The molecule has 3 rings (SSSR count). The summed E-state index contributed by atoms with van der Waals surface area (Å²) in [6, 6.07) is 4.45. The summed E-state index contributed by atoms with van der Waals surface area (Å²) in [6.45, 7) is 6.04. The van der Waals surface area contributed by atoms with E-state index in [1.807, 2.05) is 11.9 Å². The third-order valence-corrected chi connectivity index (χ3v) is 5.36. The monoisotopic (exact) mass is 339 g/mol. The Bertz CT molecular complexity index is 485. The first kappa shape index (κ1) is 16.9. The van der Waals surface area contributed by atoms with Crippen LogP contribution in [0.25, 0.3) is 0 Å². The molecule has 6 nitrogen and oxygen atoms in total. The Kier molecular flexibility index (Phi) is 6.02. The molecule has 0 bridgehead atoms. The maximum Gasteiger partial charge on any atom is 0.252 e. The Morgan fingerprint density at radius 1 is 1.48 bits per heavy atom. The molecule has 2 aliphatic rings. The largest absolute Gasteiger partial charge is 0.379 e. The molecule has 1 aromatic rings. The molecule has 1 aromatic heterocycles. The van der Waals surface area contributed by atoms with E-state index in [1.54, 1.807) is 11.3 Å². The number of carbonyl (C=O) groups is 1. The summed E-state index contributed by atoms with van der Waals surface area (Å²) in [5, 5.41) is 5.31. The number of hydrogen-bond acceptors (Lipinski definition) is 6. The van der Waals surface area contributed by atoms with Crippen molar-refractivity contribution in [2.45, 2.75) is 12.1 Å². The lowest BCUT2D eigenvalue weighted by molar-refractivity contribution is -0.144. The molecule has 3 heterocycles. The van der Waals surface area contributed by atoms with Gasteiger partial charge in [0.25, 0.3) is 5.91 Å². The Labute approximate surface area is 141 Å². The zero-order valence-corrected chi connectivity index (χ0v) is 14.4. The van der Waals surface area contributed by atoms with Gasteiger partial charge in [0.2, 0.25) is 0 Å². The van der Waals surface area contributed by atoms with E-state index >= 15 is 0 Å². The maximum absolute atomic E-state index is 12.6. The van der Waals surface area contributed by atoms with Gasteiger partial charge in [-0.3, -0.25) is 9.69 Å². The minimum atomic E-state index is -0.359. The van der Waals surface area contributed by atoms with Crippen molar-refractivity contribution < 1.29 is 14.3 Å². The van der Waals surface area contributed by atoms with Crippen LogP contribution in [0.5, 0.6) is 0 Å². The van der Waals surface area contributed by atoms with E-state index in [9.17, 15) is 4.79 Å². The molecule has 0 aromatic carbocycles. The molecule has 2 aliphatic heterocycles. The van der Waals surface area contributed by atoms with Gasteiger partial charge in [-0.2, -0.15) is 0 Å². The summed E-state index contributed by atoms with van der Waals surface area (Å²) in [4.78, 5) is 18.1. The van der Waals surface area contributed by atoms with Crippen LogP contribution in [0.4, 0.5) is 0 Å². The number of ether oxygens (including phenoxy) is 2. The van der Waals surface area contributed by atoms with Crippen LogP contribution in [0.15, 0.2) is 17.5 Å². The third kappa shape index (κ3) is 4.30. The SMILES string of the molecule is CN(CC(c1cccs1)N1CCOCC1)C(=O)C1CNCCO1. The lowest BCUT2D eigenvalue weighted by atomic mass is 10.1. The molecule has 1 N–H and O–H groups in total. The van der Waals surface area contributed by atoms with Gasteiger partial charge in [0.1, 0.15) is 6.10 Å². The fourth-order valence-electron chi connectivity index (χ4n) is 3.07. The van der Waals surface area contributed by atoms with Gasteiger partial charge in [0.15, 0.2) is 0 Å². The number of morpholine rings is 2.